The van der Waals surface area contributed by atoms with Crippen LogP contribution < -0.4 is 11.1 Å². The summed E-state index contributed by atoms with van der Waals surface area (Å²) in [4.78, 5) is 12.3. The Morgan fingerprint density at radius 3 is 2.71 bits per heavy atom. The minimum Gasteiger partial charge on any atom is -0.328 e. The molecule has 21 heavy (non-hydrogen) atoms. The van der Waals surface area contributed by atoms with Gasteiger partial charge in [0.25, 0.3) is 0 Å². The number of rotatable bonds is 3. The molecule has 3 N–H and O–H groups in total. The summed E-state index contributed by atoms with van der Waals surface area (Å²) in [5, 5.41) is 7.64. The number of nitrogens with zero attached hydrogens (tertiary/aromatic N) is 2. The van der Waals surface area contributed by atoms with E-state index in [4.69, 9.17) is 5.73 Å². The summed E-state index contributed by atoms with van der Waals surface area (Å²) in [6, 6.07) is 2.24. The van der Waals surface area contributed by atoms with Crippen molar-refractivity contribution in [2.75, 3.05) is 5.32 Å². The van der Waals surface area contributed by atoms with Gasteiger partial charge in [-0.25, -0.2) is 0 Å². The van der Waals surface area contributed by atoms with E-state index in [9.17, 15) is 4.79 Å². The Balaban J connectivity index is 1.65. The minimum absolute atomic E-state index is 0.0630. The second-order valence-electron chi connectivity index (χ2n) is 6.67. The Hall–Kier alpha value is -1.36. The van der Waals surface area contributed by atoms with Gasteiger partial charge in [0, 0.05) is 31.0 Å². The number of aryl methyl sites for hydroxylation is 1. The molecule has 0 saturated heterocycles. The summed E-state index contributed by atoms with van der Waals surface area (Å²) in [6.45, 7) is 0. The maximum Gasteiger partial charge on any atom is 0.228 e. The molecule has 1 amide bonds. The van der Waals surface area contributed by atoms with Gasteiger partial charge in [0.05, 0.1) is 5.69 Å². The van der Waals surface area contributed by atoms with Crippen molar-refractivity contribution in [2.24, 2.45) is 18.7 Å². The molecule has 116 valence electrons. The molecule has 5 nitrogen and oxygen atoms in total. The molecule has 2 unspecified atom stereocenters. The molecule has 1 heterocycles. The highest BCUT2D eigenvalue weighted by atomic mass is 16.2. The first kappa shape index (κ1) is 14.6. The molecule has 2 aliphatic rings. The van der Waals surface area contributed by atoms with E-state index >= 15 is 0 Å². The van der Waals surface area contributed by atoms with Gasteiger partial charge in [0.15, 0.2) is 0 Å². The van der Waals surface area contributed by atoms with Gasteiger partial charge in [-0.2, -0.15) is 5.10 Å². The average Bonchev–Trinajstić information content (AvgIpc) is 3.07. The van der Waals surface area contributed by atoms with Gasteiger partial charge >= 0.3 is 0 Å². The van der Waals surface area contributed by atoms with Crippen molar-refractivity contribution in [1.29, 1.82) is 0 Å². The molecule has 1 aromatic heterocycles. The first-order valence-electron chi connectivity index (χ1n) is 8.24. The van der Waals surface area contributed by atoms with Crippen molar-refractivity contribution in [2.45, 2.75) is 63.3 Å². The number of amides is 1. The standard InChI is InChI=1S/C16H26N4O/c1-20-15(18-16(21)12-7-8-13(17)9-12)10-14(19-20)11-5-3-2-4-6-11/h10-13H,2-9,17H2,1H3,(H,18,21). The molecule has 2 atom stereocenters. The highest BCUT2D eigenvalue weighted by molar-refractivity contribution is 5.92. The van der Waals surface area contributed by atoms with Crippen molar-refractivity contribution in [3.05, 3.63) is 11.8 Å². The van der Waals surface area contributed by atoms with Crippen LogP contribution in [-0.4, -0.2) is 21.7 Å². The summed E-state index contributed by atoms with van der Waals surface area (Å²) in [6.07, 6.45) is 9.04. The number of hydrogen-bond acceptors (Lipinski definition) is 3. The lowest BCUT2D eigenvalue weighted by Crippen LogP contribution is -2.24. The molecule has 3 rings (SSSR count). The zero-order chi connectivity index (χ0) is 14.8. The molecule has 5 heteroatoms. The Morgan fingerprint density at radius 2 is 2.05 bits per heavy atom. The Kier molecular flexibility index (Phi) is 4.29. The van der Waals surface area contributed by atoms with Crippen LogP contribution in [0.15, 0.2) is 6.07 Å². The number of carbonyl (C=O) groups excluding carboxylic acids is 1. The smallest absolute Gasteiger partial charge is 0.228 e. The van der Waals surface area contributed by atoms with E-state index in [0.717, 1.165) is 30.8 Å². The monoisotopic (exact) mass is 290 g/mol. The van der Waals surface area contributed by atoms with Gasteiger partial charge in [-0.3, -0.25) is 9.48 Å². The molecule has 2 aliphatic carbocycles. The molecule has 0 spiro atoms. The van der Waals surface area contributed by atoms with Gasteiger partial charge in [0.2, 0.25) is 5.91 Å². The molecule has 1 aromatic rings. The third-order valence-corrected chi connectivity index (χ3v) is 5.02. The van der Waals surface area contributed by atoms with E-state index in [1.54, 1.807) is 4.68 Å². The number of hydrogen-bond donors (Lipinski definition) is 2. The van der Waals surface area contributed by atoms with Gasteiger partial charge < -0.3 is 11.1 Å². The topological polar surface area (TPSA) is 72.9 Å². The fourth-order valence-electron chi connectivity index (χ4n) is 3.69. The molecule has 0 bridgehead atoms. The van der Waals surface area contributed by atoms with Crippen LogP contribution in [0.5, 0.6) is 0 Å². The van der Waals surface area contributed by atoms with Crippen molar-refractivity contribution >= 4 is 11.7 Å². The van der Waals surface area contributed by atoms with E-state index in [1.807, 2.05) is 7.05 Å². The summed E-state index contributed by atoms with van der Waals surface area (Å²) in [7, 11) is 1.91. The number of anilines is 1. The van der Waals surface area contributed by atoms with Crippen LogP contribution in [0.25, 0.3) is 0 Å². The quantitative estimate of drug-likeness (QED) is 0.898. The summed E-state index contributed by atoms with van der Waals surface area (Å²) >= 11 is 0. The number of aromatic nitrogens is 2. The van der Waals surface area contributed by atoms with Crippen molar-refractivity contribution in [1.82, 2.24) is 9.78 Å². The third kappa shape index (κ3) is 3.28. The van der Waals surface area contributed by atoms with Crippen LogP contribution in [0.3, 0.4) is 0 Å². The van der Waals surface area contributed by atoms with Crippen LogP contribution in [-0.2, 0) is 11.8 Å². The molecule has 2 saturated carbocycles. The predicted octanol–water partition coefficient (Wildman–Crippen LogP) is 2.53. The second-order valence-corrected chi connectivity index (χ2v) is 6.67. The highest BCUT2D eigenvalue weighted by Gasteiger charge is 2.28. The molecule has 0 aromatic carbocycles. The Bertz CT molecular complexity index is 504. The summed E-state index contributed by atoms with van der Waals surface area (Å²) in [5.74, 6) is 1.55. The van der Waals surface area contributed by atoms with Gasteiger partial charge in [-0.05, 0) is 32.1 Å². The molecule has 0 aliphatic heterocycles. The largest absolute Gasteiger partial charge is 0.328 e. The average molecular weight is 290 g/mol. The molecule has 2 fully saturated rings. The summed E-state index contributed by atoms with van der Waals surface area (Å²) in [5.41, 5.74) is 7.03. The second kappa shape index (κ2) is 6.18. The first-order chi connectivity index (χ1) is 10.1. The number of nitrogens with one attached hydrogen (secondary N) is 1. The zero-order valence-corrected chi connectivity index (χ0v) is 12.8. The fourth-order valence-corrected chi connectivity index (χ4v) is 3.69. The fraction of sp³-hybridized carbons (Fsp3) is 0.750. The minimum atomic E-state index is 0.0630. The van der Waals surface area contributed by atoms with E-state index < -0.39 is 0 Å². The third-order valence-electron chi connectivity index (χ3n) is 5.02. The maximum atomic E-state index is 12.3. The number of carbonyl (C=O) groups is 1. The molecular weight excluding hydrogens is 264 g/mol. The molecular formula is C16H26N4O. The normalized spacial score (nSPS) is 27.0. The lowest BCUT2D eigenvalue weighted by atomic mass is 9.87. The molecule has 0 radical (unpaired) electrons. The zero-order valence-electron chi connectivity index (χ0n) is 12.8. The van der Waals surface area contributed by atoms with E-state index in [-0.39, 0.29) is 17.9 Å². The Labute approximate surface area is 126 Å². The van der Waals surface area contributed by atoms with Crippen molar-refractivity contribution in [3.63, 3.8) is 0 Å². The van der Waals surface area contributed by atoms with Crippen molar-refractivity contribution in [3.8, 4) is 0 Å². The predicted molar refractivity (Wildman–Crippen MR) is 83.0 cm³/mol. The van der Waals surface area contributed by atoms with E-state index in [1.165, 1.54) is 32.1 Å². The van der Waals surface area contributed by atoms with E-state index in [2.05, 4.69) is 16.5 Å². The van der Waals surface area contributed by atoms with Gasteiger partial charge in [0.1, 0.15) is 5.82 Å². The lowest BCUT2D eigenvalue weighted by Gasteiger charge is -2.19. The maximum absolute atomic E-state index is 12.3. The lowest BCUT2D eigenvalue weighted by molar-refractivity contribution is -0.119. The highest BCUT2D eigenvalue weighted by Crippen LogP contribution is 2.33. The SMILES string of the molecule is Cn1nc(C2CCCCC2)cc1NC(=O)C1CCC(N)C1. The number of nitrogens with two attached hydrogens (primary N) is 1. The van der Waals surface area contributed by atoms with Crippen LogP contribution in [0.1, 0.15) is 63.0 Å². The van der Waals surface area contributed by atoms with Crippen LogP contribution >= 0.6 is 0 Å². The Morgan fingerprint density at radius 1 is 1.29 bits per heavy atom. The van der Waals surface area contributed by atoms with E-state index in [0.29, 0.717) is 5.92 Å². The van der Waals surface area contributed by atoms with Crippen molar-refractivity contribution < 1.29 is 4.79 Å². The van der Waals surface area contributed by atoms with Gasteiger partial charge in [-0.15, -0.1) is 0 Å². The van der Waals surface area contributed by atoms with Crippen LogP contribution in [0.2, 0.25) is 0 Å². The van der Waals surface area contributed by atoms with Crippen LogP contribution in [0, 0.1) is 5.92 Å². The first-order valence-corrected chi connectivity index (χ1v) is 8.24. The summed E-state index contributed by atoms with van der Waals surface area (Å²) < 4.78 is 1.80. The van der Waals surface area contributed by atoms with Crippen LogP contribution in [0.4, 0.5) is 5.82 Å². The van der Waals surface area contributed by atoms with Gasteiger partial charge in [-0.1, -0.05) is 19.3 Å².